The zero-order valence-electron chi connectivity index (χ0n) is 9.86. The molecule has 1 heterocycles. The van der Waals surface area contributed by atoms with E-state index in [4.69, 9.17) is 4.74 Å². The number of aliphatic hydroxyl groups is 2. The van der Waals surface area contributed by atoms with Crippen LogP contribution >= 0.6 is 11.8 Å². The van der Waals surface area contributed by atoms with E-state index < -0.39 is 5.44 Å². The minimum atomic E-state index is -0.470. The van der Waals surface area contributed by atoms with Crippen molar-refractivity contribution in [1.29, 1.82) is 0 Å². The number of rotatable bonds is 4. The molecule has 0 bridgehead atoms. The molecule has 0 aromatic heterocycles. The Labute approximate surface area is 110 Å². The summed E-state index contributed by atoms with van der Waals surface area (Å²) in [6.45, 7) is 0.234. The summed E-state index contributed by atoms with van der Waals surface area (Å²) in [5.74, 6) is -0.372. The Morgan fingerprint density at radius 3 is 2.78 bits per heavy atom. The Morgan fingerprint density at radius 2 is 2.11 bits per heavy atom. The molecule has 0 amide bonds. The Hall–Kier alpha value is -1.04. The lowest BCUT2D eigenvalue weighted by Crippen LogP contribution is -2.23. The molecule has 2 rings (SSSR count). The van der Waals surface area contributed by atoms with Crippen molar-refractivity contribution >= 4 is 17.7 Å². The third kappa shape index (κ3) is 3.25. The van der Waals surface area contributed by atoms with Crippen molar-refractivity contribution in [3.05, 3.63) is 35.9 Å². The molecule has 18 heavy (non-hydrogen) atoms. The molecule has 1 aromatic rings. The number of benzene rings is 1. The van der Waals surface area contributed by atoms with Crippen LogP contribution in [0.1, 0.15) is 16.8 Å². The van der Waals surface area contributed by atoms with Gasteiger partial charge >= 0.3 is 5.97 Å². The highest BCUT2D eigenvalue weighted by Crippen LogP contribution is 2.36. The van der Waals surface area contributed by atoms with Crippen molar-refractivity contribution in [3.8, 4) is 0 Å². The van der Waals surface area contributed by atoms with Crippen LogP contribution in [0, 0.1) is 5.92 Å². The van der Waals surface area contributed by atoms with E-state index in [0.717, 1.165) is 0 Å². The van der Waals surface area contributed by atoms with E-state index in [1.165, 1.54) is 11.8 Å². The largest absolute Gasteiger partial charge is 0.461 e. The van der Waals surface area contributed by atoms with Gasteiger partial charge in [-0.3, -0.25) is 0 Å². The van der Waals surface area contributed by atoms with E-state index in [9.17, 15) is 15.0 Å². The van der Waals surface area contributed by atoms with Crippen LogP contribution in [0.4, 0.5) is 0 Å². The molecule has 5 heteroatoms. The number of hydrogen-bond donors (Lipinski definition) is 2. The highest BCUT2D eigenvalue weighted by atomic mass is 32.2. The Kier molecular flexibility index (Phi) is 4.63. The summed E-state index contributed by atoms with van der Waals surface area (Å²) in [5, 5.41) is 18.6. The van der Waals surface area contributed by atoms with E-state index in [0.29, 0.717) is 12.0 Å². The fraction of sp³-hybridized carbons (Fsp3) is 0.462. The molecule has 98 valence electrons. The molecular weight excluding hydrogens is 252 g/mol. The predicted molar refractivity (Wildman–Crippen MR) is 69.3 cm³/mol. The standard InChI is InChI=1S/C13H16O4S/c14-7-10-6-12(15)18-11(10)8-17-13(16)9-4-2-1-3-5-9/h1-5,10-12,14-15H,6-8H2/t10-,11-,12?/m1/s1. The quantitative estimate of drug-likeness (QED) is 0.805. The highest BCUT2D eigenvalue weighted by Gasteiger charge is 2.34. The SMILES string of the molecule is O=C(OC[C@H]1SC(O)C[C@@H]1CO)c1ccccc1. The summed E-state index contributed by atoms with van der Waals surface area (Å²) in [7, 11) is 0. The van der Waals surface area contributed by atoms with Crippen LogP contribution in [0.2, 0.25) is 0 Å². The van der Waals surface area contributed by atoms with Crippen molar-refractivity contribution in [3.63, 3.8) is 0 Å². The molecule has 3 atom stereocenters. The lowest BCUT2D eigenvalue weighted by Gasteiger charge is -2.15. The van der Waals surface area contributed by atoms with Gasteiger partial charge in [0.2, 0.25) is 0 Å². The van der Waals surface area contributed by atoms with Gasteiger partial charge < -0.3 is 14.9 Å². The van der Waals surface area contributed by atoms with Gasteiger partial charge in [-0.2, -0.15) is 0 Å². The monoisotopic (exact) mass is 268 g/mol. The molecule has 1 fully saturated rings. The van der Waals surface area contributed by atoms with Crippen LogP contribution in [0.15, 0.2) is 30.3 Å². The third-order valence-electron chi connectivity index (χ3n) is 2.98. The maximum Gasteiger partial charge on any atom is 0.338 e. The zero-order chi connectivity index (χ0) is 13.0. The lowest BCUT2D eigenvalue weighted by molar-refractivity contribution is 0.0477. The zero-order valence-corrected chi connectivity index (χ0v) is 10.7. The number of aliphatic hydroxyl groups excluding tert-OH is 2. The summed E-state index contributed by atoms with van der Waals surface area (Å²) < 4.78 is 5.21. The molecule has 1 aliphatic heterocycles. The van der Waals surface area contributed by atoms with Gasteiger partial charge in [-0.05, 0) is 18.6 Å². The van der Waals surface area contributed by atoms with Crippen molar-refractivity contribution < 1.29 is 19.7 Å². The van der Waals surface area contributed by atoms with Gasteiger partial charge in [0.1, 0.15) is 12.0 Å². The summed E-state index contributed by atoms with van der Waals surface area (Å²) >= 11 is 1.35. The average molecular weight is 268 g/mol. The topological polar surface area (TPSA) is 66.8 Å². The van der Waals surface area contributed by atoms with Crippen LogP contribution < -0.4 is 0 Å². The number of hydrogen-bond acceptors (Lipinski definition) is 5. The van der Waals surface area contributed by atoms with Crippen LogP contribution in [-0.2, 0) is 4.74 Å². The Bertz CT molecular complexity index is 395. The van der Waals surface area contributed by atoms with Gasteiger partial charge in [0, 0.05) is 17.8 Å². The van der Waals surface area contributed by atoms with Gasteiger partial charge in [-0.25, -0.2) is 4.79 Å². The summed E-state index contributed by atoms with van der Waals surface area (Å²) in [6, 6.07) is 8.79. The minimum absolute atomic E-state index is 0.00595. The smallest absolute Gasteiger partial charge is 0.338 e. The fourth-order valence-electron chi connectivity index (χ4n) is 1.96. The number of ether oxygens (including phenoxy) is 1. The van der Waals surface area contributed by atoms with E-state index >= 15 is 0 Å². The predicted octanol–water partition coefficient (Wildman–Crippen LogP) is 1.28. The Balaban J connectivity index is 1.86. The molecule has 0 radical (unpaired) electrons. The maximum absolute atomic E-state index is 11.7. The molecule has 0 aliphatic carbocycles. The average Bonchev–Trinajstić information content (AvgIpc) is 2.77. The van der Waals surface area contributed by atoms with Crippen LogP contribution in [0.5, 0.6) is 0 Å². The van der Waals surface area contributed by atoms with Gasteiger partial charge in [-0.15, -0.1) is 11.8 Å². The molecule has 1 saturated heterocycles. The molecule has 2 N–H and O–H groups in total. The van der Waals surface area contributed by atoms with Crippen LogP contribution in [0.25, 0.3) is 0 Å². The van der Waals surface area contributed by atoms with Crippen molar-refractivity contribution in [2.75, 3.05) is 13.2 Å². The molecule has 0 saturated carbocycles. The first kappa shape index (κ1) is 13.4. The van der Waals surface area contributed by atoms with Crippen LogP contribution in [0.3, 0.4) is 0 Å². The van der Waals surface area contributed by atoms with E-state index in [1.807, 2.05) is 6.07 Å². The second kappa shape index (κ2) is 6.22. The highest BCUT2D eigenvalue weighted by molar-refractivity contribution is 8.00. The number of carbonyl (C=O) groups is 1. The second-order valence-corrected chi connectivity index (χ2v) is 5.69. The second-order valence-electron chi connectivity index (χ2n) is 4.27. The number of thioether (sulfide) groups is 1. The number of carbonyl (C=O) groups excluding carboxylic acids is 1. The first-order valence-corrected chi connectivity index (χ1v) is 6.81. The maximum atomic E-state index is 11.7. The summed E-state index contributed by atoms with van der Waals surface area (Å²) in [6.07, 6.45) is 0.550. The lowest BCUT2D eigenvalue weighted by atomic mass is 10.0. The minimum Gasteiger partial charge on any atom is -0.461 e. The Morgan fingerprint density at radius 1 is 1.39 bits per heavy atom. The normalized spacial score (nSPS) is 27.1. The van der Waals surface area contributed by atoms with Gasteiger partial charge in [0.05, 0.1) is 5.56 Å². The van der Waals surface area contributed by atoms with Gasteiger partial charge in [-0.1, -0.05) is 18.2 Å². The first-order valence-electron chi connectivity index (χ1n) is 5.87. The summed E-state index contributed by atoms with van der Waals surface area (Å²) in [5.41, 5.74) is 0.0455. The van der Waals surface area contributed by atoms with E-state index in [-0.39, 0.29) is 30.4 Å². The molecular formula is C13H16O4S. The molecule has 1 aliphatic rings. The van der Waals surface area contributed by atoms with Crippen molar-refractivity contribution in [2.45, 2.75) is 17.1 Å². The summed E-state index contributed by atoms with van der Waals surface area (Å²) in [4.78, 5) is 11.7. The van der Waals surface area contributed by atoms with Gasteiger partial charge in [0.15, 0.2) is 0 Å². The molecule has 1 unspecified atom stereocenters. The van der Waals surface area contributed by atoms with Gasteiger partial charge in [0.25, 0.3) is 0 Å². The van der Waals surface area contributed by atoms with Crippen molar-refractivity contribution in [2.24, 2.45) is 5.92 Å². The first-order chi connectivity index (χ1) is 8.70. The molecule has 1 aromatic carbocycles. The van der Waals surface area contributed by atoms with Crippen LogP contribution in [-0.4, -0.2) is 40.1 Å². The fourth-order valence-corrected chi connectivity index (χ4v) is 3.29. The molecule has 4 nitrogen and oxygen atoms in total. The van der Waals surface area contributed by atoms with E-state index in [1.54, 1.807) is 24.3 Å². The van der Waals surface area contributed by atoms with Crippen molar-refractivity contribution in [1.82, 2.24) is 0 Å². The third-order valence-corrected chi connectivity index (χ3v) is 4.36. The molecule has 0 spiro atoms. The number of esters is 1. The van der Waals surface area contributed by atoms with E-state index in [2.05, 4.69) is 0 Å².